The SMILES string of the molecule is C=C/C(c1ccc(N2c3cc4c(cc3B3c5ccc(C(C)(C)C)cc5N(c5ccc(-c6cccc7c6oc6ccccc67)cc5)c5cc(C(C)(C)C)cc2c53)c2ccccc2n4-c2ccccc2)cc1)=c1/oc2ccccc2c1=C. The van der Waals surface area contributed by atoms with Gasteiger partial charge in [-0.25, -0.2) is 0 Å². The molecule has 0 unspecified atom stereocenters. The smallest absolute Gasteiger partial charge is 0.252 e. The van der Waals surface area contributed by atoms with E-state index in [9.17, 15) is 0 Å². The van der Waals surface area contributed by atoms with E-state index in [-0.39, 0.29) is 17.5 Å². The molecule has 0 spiro atoms. The number of furan rings is 2. The Hall–Kier alpha value is -9.52. The maximum Gasteiger partial charge on any atom is 0.252 e. The molecule has 0 aliphatic carbocycles. The quantitative estimate of drug-likeness (QED) is 0.156. The third kappa shape index (κ3) is 7.18. The molecule has 6 heteroatoms. The molecule has 15 rings (SSSR count). The highest BCUT2D eigenvalue weighted by molar-refractivity contribution is 7.00. The first kappa shape index (κ1) is 47.7. The number of benzene rings is 10. The van der Waals surface area contributed by atoms with Crippen LogP contribution in [0, 0.1) is 0 Å². The minimum atomic E-state index is -0.207. The van der Waals surface area contributed by atoms with Gasteiger partial charge < -0.3 is 23.2 Å². The van der Waals surface area contributed by atoms with Crippen molar-refractivity contribution in [1.82, 2.24) is 4.57 Å². The van der Waals surface area contributed by atoms with Crippen molar-refractivity contribution >= 4 is 124 Å². The van der Waals surface area contributed by atoms with Gasteiger partial charge in [-0.15, -0.1) is 0 Å². The van der Waals surface area contributed by atoms with Gasteiger partial charge in [-0.2, -0.15) is 0 Å². The first-order chi connectivity index (χ1) is 38.8. The van der Waals surface area contributed by atoms with Crippen LogP contribution in [0.25, 0.3) is 83.7 Å². The third-order valence-corrected chi connectivity index (χ3v) is 17.0. The summed E-state index contributed by atoms with van der Waals surface area (Å²) in [4.78, 5) is 5.10. The van der Waals surface area contributed by atoms with Crippen LogP contribution in [0.1, 0.15) is 58.2 Å². The average Bonchev–Trinajstić information content (AvgIpc) is 2.63. The van der Waals surface area contributed by atoms with Gasteiger partial charge in [0.25, 0.3) is 6.71 Å². The van der Waals surface area contributed by atoms with Crippen molar-refractivity contribution in [3.8, 4) is 16.8 Å². The number of fused-ring (bicyclic) bond motifs is 11. The van der Waals surface area contributed by atoms with Crippen LogP contribution in [0.2, 0.25) is 0 Å². The molecule has 2 aliphatic heterocycles. The van der Waals surface area contributed by atoms with Crippen LogP contribution in [0.4, 0.5) is 34.1 Å². The Bertz CT molecular complexity index is 4830. The Morgan fingerprint density at radius 2 is 1.05 bits per heavy atom. The Morgan fingerprint density at radius 3 is 1.73 bits per heavy atom. The second-order valence-corrected chi connectivity index (χ2v) is 23.8. The van der Waals surface area contributed by atoms with Crippen LogP contribution in [-0.4, -0.2) is 11.3 Å². The minimum Gasteiger partial charge on any atom is -0.455 e. The molecule has 384 valence electrons. The van der Waals surface area contributed by atoms with Gasteiger partial charge in [0.1, 0.15) is 22.2 Å². The van der Waals surface area contributed by atoms with Crippen molar-refractivity contribution in [3.63, 3.8) is 0 Å². The Kier molecular flexibility index (Phi) is 10.4. The van der Waals surface area contributed by atoms with Crippen molar-refractivity contribution in [3.05, 3.63) is 252 Å². The average molecular weight is 1030 g/mol. The normalized spacial score (nSPS) is 13.6. The topological polar surface area (TPSA) is 37.7 Å². The number of anilines is 6. The third-order valence-electron chi connectivity index (χ3n) is 17.0. The number of hydrogen-bond acceptors (Lipinski definition) is 4. The van der Waals surface area contributed by atoms with Gasteiger partial charge in [0, 0.05) is 83.1 Å². The molecule has 0 N–H and O–H groups in total. The number of hydrogen-bond donors (Lipinski definition) is 0. The second-order valence-electron chi connectivity index (χ2n) is 23.8. The van der Waals surface area contributed by atoms with Crippen molar-refractivity contribution < 1.29 is 8.83 Å². The van der Waals surface area contributed by atoms with Gasteiger partial charge in [0.2, 0.25) is 0 Å². The molecule has 0 saturated carbocycles. The maximum absolute atomic E-state index is 6.59. The highest BCUT2D eigenvalue weighted by atomic mass is 16.3. The van der Waals surface area contributed by atoms with E-state index in [1.807, 2.05) is 30.3 Å². The zero-order chi connectivity index (χ0) is 54.3. The lowest BCUT2D eigenvalue weighted by Crippen LogP contribution is -2.61. The van der Waals surface area contributed by atoms with E-state index < -0.39 is 0 Å². The van der Waals surface area contributed by atoms with E-state index in [1.165, 1.54) is 55.2 Å². The molecule has 0 atom stereocenters. The van der Waals surface area contributed by atoms with Crippen molar-refractivity contribution in [1.29, 1.82) is 0 Å². The maximum atomic E-state index is 6.59. The molecular weight excluding hydrogens is 974 g/mol. The summed E-state index contributed by atoms with van der Waals surface area (Å²) < 4.78 is 15.5. The number of para-hydroxylation sites is 5. The van der Waals surface area contributed by atoms with E-state index >= 15 is 0 Å². The molecule has 3 aromatic heterocycles. The van der Waals surface area contributed by atoms with Crippen molar-refractivity contribution in [2.24, 2.45) is 0 Å². The summed E-state index contributed by atoms with van der Waals surface area (Å²) in [7, 11) is 0. The van der Waals surface area contributed by atoms with Crippen LogP contribution in [0.15, 0.2) is 234 Å². The van der Waals surface area contributed by atoms with Gasteiger partial charge >= 0.3 is 0 Å². The lowest BCUT2D eigenvalue weighted by Gasteiger charge is -2.45. The molecule has 13 aromatic rings. The fourth-order valence-corrected chi connectivity index (χ4v) is 13.0. The van der Waals surface area contributed by atoms with Crippen molar-refractivity contribution in [2.75, 3.05) is 9.80 Å². The van der Waals surface area contributed by atoms with Crippen LogP contribution < -0.4 is 36.8 Å². The Morgan fingerprint density at radius 1 is 0.463 bits per heavy atom. The highest BCUT2D eigenvalue weighted by Gasteiger charge is 2.45. The predicted molar refractivity (Wildman–Crippen MR) is 339 cm³/mol. The van der Waals surface area contributed by atoms with E-state index in [1.54, 1.807) is 0 Å². The van der Waals surface area contributed by atoms with Gasteiger partial charge in [0.15, 0.2) is 0 Å². The molecule has 0 bridgehead atoms. The summed E-state index contributed by atoms with van der Waals surface area (Å²) in [5.74, 6) is 0. The van der Waals surface area contributed by atoms with E-state index in [2.05, 4.69) is 257 Å². The first-order valence-electron chi connectivity index (χ1n) is 27.8. The summed E-state index contributed by atoms with van der Waals surface area (Å²) in [6.45, 7) is 22.7. The molecular formula is C74H58BN3O2. The summed E-state index contributed by atoms with van der Waals surface area (Å²) in [5, 5.41) is 6.56. The highest BCUT2D eigenvalue weighted by Crippen LogP contribution is 2.49. The van der Waals surface area contributed by atoms with Gasteiger partial charge in [-0.3, -0.25) is 0 Å². The fraction of sp³-hybridized carbons (Fsp3) is 0.108. The van der Waals surface area contributed by atoms with E-state index in [0.717, 1.165) is 99.8 Å². The van der Waals surface area contributed by atoms with Crippen LogP contribution in [-0.2, 0) is 10.8 Å². The van der Waals surface area contributed by atoms with Crippen LogP contribution in [0.5, 0.6) is 0 Å². The molecule has 5 nitrogen and oxygen atoms in total. The van der Waals surface area contributed by atoms with Gasteiger partial charge in [-0.05, 0) is 128 Å². The van der Waals surface area contributed by atoms with E-state index in [4.69, 9.17) is 8.83 Å². The number of rotatable bonds is 6. The van der Waals surface area contributed by atoms with Gasteiger partial charge in [0.05, 0.1) is 11.0 Å². The second kappa shape index (κ2) is 17.5. The zero-order valence-electron chi connectivity index (χ0n) is 45.9. The summed E-state index contributed by atoms with van der Waals surface area (Å²) in [6, 6.07) is 78.0. The lowest BCUT2D eigenvalue weighted by atomic mass is 9.33. The fourth-order valence-electron chi connectivity index (χ4n) is 13.0. The molecule has 0 saturated heterocycles. The number of aromatic nitrogens is 1. The molecule has 0 radical (unpaired) electrons. The molecule has 80 heavy (non-hydrogen) atoms. The van der Waals surface area contributed by atoms with Crippen LogP contribution in [0.3, 0.4) is 0 Å². The largest absolute Gasteiger partial charge is 0.455 e. The van der Waals surface area contributed by atoms with Crippen molar-refractivity contribution in [2.45, 2.75) is 52.4 Å². The molecule has 2 aliphatic rings. The minimum absolute atomic E-state index is 0.0997. The Balaban J connectivity index is 1.00. The summed E-state index contributed by atoms with van der Waals surface area (Å²) in [6.07, 6.45) is 1.90. The monoisotopic (exact) mass is 1030 g/mol. The first-order valence-corrected chi connectivity index (χ1v) is 27.8. The molecule has 0 fully saturated rings. The summed E-state index contributed by atoms with van der Waals surface area (Å²) in [5.41, 5.74) is 23.7. The number of allylic oxidation sites excluding steroid dienone is 1. The molecule has 0 amide bonds. The predicted octanol–water partition coefficient (Wildman–Crippen LogP) is 16.6. The molecule has 5 heterocycles. The standard InChI is InChI=1S/C74H58BN3O2/c1-9-53(71-45(2)54-22-14-17-28-68(54)79-71)46-30-35-52(36-31-46)78-65-44-63-59(56-23-13-16-27-62(56)76(63)50-20-11-10-12-21-50)43-61(65)75-60-39-34-48(73(3,4)5)40-64(60)77(66-41-49(74(6,7)8)42-67(78)70(66)75)51-37-32-47(33-38-51)55-25-19-26-58-57-24-15-18-29-69(57)80-72(55)58/h9-44H,1-2H2,3-8H3/b71-53-. The molecule has 10 aromatic carbocycles. The van der Waals surface area contributed by atoms with E-state index in [0.29, 0.717) is 0 Å². The van der Waals surface area contributed by atoms with Gasteiger partial charge in [-0.1, -0.05) is 194 Å². The summed E-state index contributed by atoms with van der Waals surface area (Å²) >= 11 is 0. The Labute approximate surface area is 466 Å². The van der Waals surface area contributed by atoms with Crippen LogP contribution >= 0.6 is 0 Å². The lowest BCUT2D eigenvalue weighted by molar-refractivity contribution is 0.573. The zero-order valence-corrected chi connectivity index (χ0v) is 45.9. The number of nitrogens with zero attached hydrogens (tertiary/aromatic N) is 3.